The molecule has 0 saturated carbocycles. The van der Waals surface area contributed by atoms with Crippen LogP contribution in [0.5, 0.6) is 0 Å². The van der Waals surface area contributed by atoms with Crippen molar-refractivity contribution in [2.75, 3.05) is 10.6 Å². The Morgan fingerprint density at radius 2 is 1.87 bits per heavy atom. The monoisotopic (exact) mass is 328 g/mol. The van der Waals surface area contributed by atoms with E-state index in [1.165, 1.54) is 6.08 Å². The molecule has 1 amide bonds. The highest BCUT2D eigenvalue weighted by atomic mass is 35.5. The molecule has 3 rings (SSSR count). The average molecular weight is 329 g/mol. The molecule has 0 unspecified atom stereocenters. The van der Waals surface area contributed by atoms with Crippen LogP contribution in [0.1, 0.15) is 21.5 Å². The van der Waals surface area contributed by atoms with Gasteiger partial charge in [-0.15, -0.1) is 0 Å². The van der Waals surface area contributed by atoms with Crippen molar-refractivity contribution in [1.82, 2.24) is 0 Å². The lowest BCUT2D eigenvalue weighted by molar-refractivity contribution is -0.131. The second-order valence-corrected chi connectivity index (χ2v) is 5.63. The Bertz CT molecular complexity index is 859. The van der Waals surface area contributed by atoms with Crippen LogP contribution in [0, 0.1) is 6.92 Å². The Labute approximate surface area is 137 Å². The smallest absolute Gasteiger partial charge is 0.328 e. The van der Waals surface area contributed by atoms with E-state index < -0.39 is 5.97 Å². The third kappa shape index (κ3) is 3.05. The molecule has 6 heteroatoms. The maximum atomic E-state index is 12.3. The van der Waals surface area contributed by atoms with Gasteiger partial charge in [0.05, 0.1) is 22.6 Å². The van der Waals surface area contributed by atoms with Gasteiger partial charge in [-0.1, -0.05) is 11.6 Å². The van der Waals surface area contributed by atoms with Crippen LogP contribution in [0.25, 0.3) is 6.08 Å². The van der Waals surface area contributed by atoms with Crippen LogP contribution < -0.4 is 10.6 Å². The highest BCUT2D eigenvalue weighted by Crippen LogP contribution is 2.35. The number of amides is 1. The summed E-state index contributed by atoms with van der Waals surface area (Å²) in [6.07, 6.45) is 2.60. The first-order valence-electron chi connectivity index (χ1n) is 6.87. The molecule has 2 aromatic carbocycles. The van der Waals surface area contributed by atoms with Crippen LogP contribution in [-0.4, -0.2) is 17.0 Å². The summed E-state index contributed by atoms with van der Waals surface area (Å²) in [6.45, 7) is 1.85. The van der Waals surface area contributed by atoms with Crippen LogP contribution in [0.15, 0.2) is 36.4 Å². The maximum absolute atomic E-state index is 12.3. The molecule has 0 bridgehead atoms. The number of hydrogen-bond donors (Lipinski definition) is 3. The number of hydrogen-bond acceptors (Lipinski definition) is 3. The van der Waals surface area contributed by atoms with Gasteiger partial charge in [-0.25, -0.2) is 4.79 Å². The van der Waals surface area contributed by atoms with E-state index in [9.17, 15) is 9.59 Å². The van der Waals surface area contributed by atoms with Gasteiger partial charge in [-0.2, -0.15) is 0 Å². The average Bonchev–Trinajstić information content (AvgIpc) is 2.60. The predicted octanol–water partition coefficient (Wildman–Crippen LogP) is 4.06. The lowest BCUT2D eigenvalue weighted by atomic mass is 10.1. The topological polar surface area (TPSA) is 78.4 Å². The molecular weight excluding hydrogens is 316 g/mol. The number of nitrogens with one attached hydrogen (secondary N) is 2. The number of aryl methyl sites for hydroxylation is 1. The zero-order chi connectivity index (χ0) is 16.6. The number of halogens is 1. The lowest BCUT2D eigenvalue weighted by Gasteiger charge is -2.12. The minimum Gasteiger partial charge on any atom is -0.478 e. The molecule has 0 aliphatic carbocycles. The summed E-state index contributed by atoms with van der Waals surface area (Å²) >= 11 is 6.00. The van der Waals surface area contributed by atoms with Crippen molar-refractivity contribution in [1.29, 1.82) is 0 Å². The molecular formula is C17H13ClN2O3. The summed E-state index contributed by atoms with van der Waals surface area (Å²) in [6, 6.07) is 8.59. The first-order valence-corrected chi connectivity index (χ1v) is 7.25. The molecule has 0 aromatic heterocycles. The molecule has 23 heavy (non-hydrogen) atoms. The Balaban J connectivity index is 2.10. The Morgan fingerprint density at radius 3 is 2.61 bits per heavy atom. The van der Waals surface area contributed by atoms with E-state index in [1.54, 1.807) is 30.3 Å². The van der Waals surface area contributed by atoms with Crippen LogP contribution >= 0.6 is 11.6 Å². The summed E-state index contributed by atoms with van der Waals surface area (Å²) in [7, 11) is 0. The van der Waals surface area contributed by atoms with Crippen LogP contribution in [-0.2, 0) is 4.79 Å². The van der Waals surface area contributed by atoms with Gasteiger partial charge in [0, 0.05) is 11.1 Å². The van der Waals surface area contributed by atoms with Gasteiger partial charge in [0.15, 0.2) is 0 Å². The summed E-state index contributed by atoms with van der Waals surface area (Å²) in [5.74, 6) is -1.24. The van der Waals surface area contributed by atoms with Crippen molar-refractivity contribution in [2.24, 2.45) is 0 Å². The number of benzene rings is 2. The maximum Gasteiger partial charge on any atom is 0.328 e. The van der Waals surface area contributed by atoms with E-state index in [4.69, 9.17) is 16.7 Å². The number of aliphatic carboxylic acids is 1. The molecule has 0 spiro atoms. The van der Waals surface area contributed by atoms with Crippen molar-refractivity contribution < 1.29 is 14.7 Å². The highest BCUT2D eigenvalue weighted by Gasteiger charge is 2.19. The van der Waals surface area contributed by atoms with Gasteiger partial charge in [-0.3, -0.25) is 4.79 Å². The van der Waals surface area contributed by atoms with Crippen LogP contribution in [0.3, 0.4) is 0 Å². The van der Waals surface area contributed by atoms with Crippen LogP contribution in [0.4, 0.5) is 17.1 Å². The summed E-state index contributed by atoms with van der Waals surface area (Å²) in [5.41, 5.74) is 4.00. The number of carbonyl (C=O) groups is 2. The number of carboxylic acids is 1. The lowest BCUT2D eigenvalue weighted by Crippen LogP contribution is -2.10. The first kappa shape index (κ1) is 15.1. The quantitative estimate of drug-likeness (QED) is 0.726. The SMILES string of the molecule is Cc1cc2c(cc1C=CC(=O)O)Nc1cc(Cl)ccc1C(=O)N2. The molecule has 2 aromatic rings. The van der Waals surface area contributed by atoms with Gasteiger partial charge in [0.2, 0.25) is 0 Å². The number of carboxylic acid groups (broad SMARTS) is 1. The second kappa shape index (κ2) is 5.78. The fourth-order valence-electron chi connectivity index (χ4n) is 2.42. The number of fused-ring (bicyclic) bond motifs is 2. The minimum atomic E-state index is -1.02. The van der Waals surface area contributed by atoms with Crippen molar-refractivity contribution in [2.45, 2.75) is 6.92 Å². The summed E-state index contributed by atoms with van der Waals surface area (Å²) in [4.78, 5) is 23.0. The molecule has 1 heterocycles. The molecule has 0 atom stereocenters. The molecule has 1 aliphatic heterocycles. The van der Waals surface area contributed by atoms with E-state index in [2.05, 4.69) is 10.6 Å². The molecule has 0 radical (unpaired) electrons. The highest BCUT2D eigenvalue weighted by molar-refractivity contribution is 6.31. The van der Waals surface area contributed by atoms with Gasteiger partial charge in [0.25, 0.3) is 5.91 Å². The zero-order valence-electron chi connectivity index (χ0n) is 12.2. The normalized spacial score (nSPS) is 12.9. The first-order chi connectivity index (χ1) is 10.9. The van der Waals surface area contributed by atoms with E-state index in [1.807, 2.05) is 6.92 Å². The summed E-state index contributed by atoms with van der Waals surface area (Å²) < 4.78 is 0. The third-order valence-electron chi connectivity index (χ3n) is 3.56. The molecule has 1 aliphatic rings. The third-order valence-corrected chi connectivity index (χ3v) is 3.79. The van der Waals surface area contributed by atoms with Crippen molar-refractivity contribution in [3.8, 4) is 0 Å². The van der Waals surface area contributed by atoms with E-state index in [-0.39, 0.29) is 5.91 Å². The molecule has 116 valence electrons. The predicted molar refractivity (Wildman–Crippen MR) is 90.5 cm³/mol. The number of carbonyl (C=O) groups excluding carboxylic acids is 1. The van der Waals surface area contributed by atoms with E-state index >= 15 is 0 Å². The number of anilines is 3. The van der Waals surface area contributed by atoms with Crippen molar-refractivity contribution in [3.63, 3.8) is 0 Å². The minimum absolute atomic E-state index is 0.226. The molecule has 3 N–H and O–H groups in total. The van der Waals surface area contributed by atoms with Gasteiger partial charge >= 0.3 is 5.97 Å². The van der Waals surface area contributed by atoms with E-state index in [0.717, 1.165) is 17.2 Å². The fourth-order valence-corrected chi connectivity index (χ4v) is 2.60. The fraction of sp³-hybridized carbons (Fsp3) is 0.0588. The molecule has 0 saturated heterocycles. The van der Waals surface area contributed by atoms with Gasteiger partial charge < -0.3 is 15.7 Å². The number of rotatable bonds is 2. The Hall–Kier alpha value is -2.79. The second-order valence-electron chi connectivity index (χ2n) is 5.19. The van der Waals surface area contributed by atoms with Crippen molar-refractivity contribution >= 4 is 46.6 Å². The molecule has 0 fully saturated rings. The van der Waals surface area contributed by atoms with E-state index in [0.29, 0.717) is 27.6 Å². The Kier molecular flexibility index (Phi) is 3.80. The van der Waals surface area contributed by atoms with Crippen LogP contribution in [0.2, 0.25) is 5.02 Å². The zero-order valence-corrected chi connectivity index (χ0v) is 12.9. The van der Waals surface area contributed by atoms with Gasteiger partial charge in [-0.05, 0) is 54.5 Å². The Morgan fingerprint density at radius 1 is 1.13 bits per heavy atom. The van der Waals surface area contributed by atoms with Gasteiger partial charge in [0.1, 0.15) is 0 Å². The molecule has 5 nitrogen and oxygen atoms in total. The largest absolute Gasteiger partial charge is 0.478 e. The van der Waals surface area contributed by atoms with Crippen molar-refractivity contribution in [3.05, 3.63) is 58.1 Å². The summed E-state index contributed by atoms with van der Waals surface area (Å²) in [5, 5.41) is 15.3. The standard InChI is InChI=1S/C17H13ClN2O3/c1-9-6-14-15(7-10(9)2-5-16(21)22)19-13-8-11(18)3-4-12(13)17(23)20-14/h2-8,19H,1H3,(H,20,23)(H,21,22).